The van der Waals surface area contributed by atoms with Gasteiger partial charge >= 0.3 is 0 Å². The second-order valence-electron chi connectivity index (χ2n) is 6.38. The lowest BCUT2D eigenvalue weighted by Crippen LogP contribution is -1.74. The average Bonchev–Trinajstić information content (AvgIpc) is 3.14. The molecule has 25 heavy (non-hydrogen) atoms. The van der Waals surface area contributed by atoms with Crippen molar-refractivity contribution in [2.24, 2.45) is 0 Å². The molecule has 2 nitrogen and oxygen atoms in total. The second-order valence-corrected chi connectivity index (χ2v) is 6.82. The third-order valence-corrected chi connectivity index (χ3v) is 5.12. The minimum Gasteiger partial charge on any atom is -0.456 e. The van der Waals surface area contributed by atoms with Crippen LogP contribution in [0.25, 0.3) is 54.6 Å². The van der Waals surface area contributed by atoms with Crippen LogP contribution in [-0.2, 0) is 0 Å². The highest BCUT2D eigenvalue weighted by atomic mass is 35.5. The first-order valence-corrected chi connectivity index (χ1v) is 8.51. The van der Waals surface area contributed by atoms with Crippen LogP contribution < -0.4 is 0 Å². The zero-order valence-corrected chi connectivity index (χ0v) is 13.8. The average molecular weight is 343 g/mol. The molecular weight excluding hydrogens is 332 g/mol. The highest BCUT2D eigenvalue weighted by Gasteiger charge is 2.12. The van der Waals surface area contributed by atoms with E-state index in [-0.39, 0.29) is 0 Å². The van der Waals surface area contributed by atoms with Crippen molar-refractivity contribution in [3.05, 3.63) is 71.8 Å². The molecule has 0 aliphatic rings. The maximum absolute atomic E-state index is 6.09. The van der Waals surface area contributed by atoms with Gasteiger partial charge in [0, 0.05) is 32.6 Å². The largest absolute Gasteiger partial charge is 0.456 e. The summed E-state index contributed by atoms with van der Waals surface area (Å²) in [6.07, 6.45) is 0. The van der Waals surface area contributed by atoms with Crippen molar-refractivity contribution in [3.8, 4) is 0 Å². The van der Waals surface area contributed by atoms with Crippen molar-refractivity contribution in [2.45, 2.75) is 0 Å². The third kappa shape index (κ3) is 1.80. The minimum absolute atomic E-state index is 0.681. The van der Waals surface area contributed by atoms with Crippen molar-refractivity contribution in [2.75, 3.05) is 0 Å². The van der Waals surface area contributed by atoms with Gasteiger partial charge in [0.15, 0.2) is 0 Å². The molecule has 0 unspecified atom stereocenters. The Kier molecular flexibility index (Phi) is 2.43. The number of hydrogen-bond acceptors (Lipinski definition) is 2. The van der Waals surface area contributed by atoms with Crippen LogP contribution >= 0.6 is 11.6 Å². The number of fused-ring (bicyclic) bond motifs is 7. The fraction of sp³-hybridized carbons (Fsp3) is 0. The van der Waals surface area contributed by atoms with Gasteiger partial charge in [-0.3, -0.25) is 0 Å². The quantitative estimate of drug-likeness (QED) is 0.289. The van der Waals surface area contributed by atoms with E-state index in [9.17, 15) is 0 Å². The Labute approximate surface area is 147 Å². The maximum atomic E-state index is 6.09. The molecule has 0 spiro atoms. The molecule has 0 saturated heterocycles. The summed E-state index contributed by atoms with van der Waals surface area (Å²) in [5, 5.41) is 7.42. The molecule has 4 aromatic carbocycles. The third-order valence-electron chi connectivity index (χ3n) is 4.89. The van der Waals surface area contributed by atoms with Crippen LogP contribution in [-0.4, -0.2) is 0 Å². The summed E-state index contributed by atoms with van der Waals surface area (Å²) < 4.78 is 12.0. The van der Waals surface area contributed by atoms with E-state index in [1.807, 2.05) is 36.4 Å². The zero-order chi connectivity index (χ0) is 16.5. The molecule has 3 heteroatoms. The van der Waals surface area contributed by atoms with E-state index in [2.05, 4.69) is 30.3 Å². The van der Waals surface area contributed by atoms with Crippen molar-refractivity contribution >= 4 is 66.3 Å². The minimum atomic E-state index is 0.681. The van der Waals surface area contributed by atoms with Crippen molar-refractivity contribution < 1.29 is 8.83 Å². The second kappa shape index (κ2) is 4.56. The molecule has 2 heterocycles. The summed E-state index contributed by atoms with van der Waals surface area (Å²) >= 11 is 6.09. The Bertz CT molecular complexity index is 1450. The number of halogens is 1. The van der Waals surface area contributed by atoms with Gasteiger partial charge in [0.05, 0.1) is 0 Å². The van der Waals surface area contributed by atoms with E-state index >= 15 is 0 Å². The Hall–Kier alpha value is -2.97. The van der Waals surface area contributed by atoms with E-state index in [0.717, 1.165) is 49.3 Å². The van der Waals surface area contributed by atoms with Crippen LogP contribution in [0.15, 0.2) is 75.6 Å². The van der Waals surface area contributed by atoms with E-state index in [1.165, 1.54) is 5.39 Å². The van der Waals surface area contributed by atoms with Gasteiger partial charge in [-0.25, -0.2) is 0 Å². The van der Waals surface area contributed by atoms with Gasteiger partial charge in [-0.1, -0.05) is 29.8 Å². The van der Waals surface area contributed by atoms with Crippen LogP contribution in [0.5, 0.6) is 0 Å². The van der Waals surface area contributed by atoms with Gasteiger partial charge in [-0.15, -0.1) is 0 Å². The number of para-hydroxylation sites is 1. The van der Waals surface area contributed by atoms with Crippen molar-refractivity contribution in [3.63, 3.8) is 0 Å². The lowest BCUT2D eigenvalue weighted by Gasteiger charge is -1.99. The monoisotopic (exact) mass is 342 g/mol. The maximum Gasteiger partial charge on any atom is 0.136 e. The highest BCUT2D eigenvalue weighted by molar-refractivity contribution is 6.31. The number of rotatable bonds is 0. The van der Waals surface area contributed by atoms with Crippen molar-refractivity contribution in [1.29, 1.82) is 0 Å². The van der Waals surface area contributed by atoms with E-state index in [4.69, 9.17) is 20.4 Å². The molecule has 0 aliphatic carbocycles. The van der Waals surface area contributed by atoms with Crippen LogP contribution in [0.3, 0.4) is 0 Å². The molecule has 118 valence electrons. The fourth-order valence-electron chi connectivity index (χ4n) is 3.72. The lowest BCUT2D eigenvalue weighted by molar-refractivity contribution is 0.668. The molecular formula is C22H11ClO2. The van der Waals surface area contributed by atoms with E-state index < -0.39 is 0 Å². The summed E-state index contributed by atoms with van der Waals surface area (Å²) in [6, 6.07) is 22.5. The Morgan fingerprint density at radius 3 is 1.92 bits per heavy atom. The summed E-state index contributed by atoms with van der Waals surface area (Å²) in [5.74, 6) is 0. The first-order chi connectivity index (χ1) is 12.3. The van der Waals surface area contributed by atoms with Crippen molar-refractivity contribution in [1.82, 2.24) is 0 Å². The summed E-state index contributed by atoms with van der Waals surface area (Å²) in [7, 11) is 0. The van der Waals surface area contributed by atoms with Gasteiger partial charge in [-0.2, -0.15) is 0 Å². The zero-order valence-electron chi connectivity index (χ0n) is 13.0. The van der Waals surface area contributed by atoms with Crippen LogP contribution in [0.2, 0.25) is 5.02 Å². The van der Waals surface area contributed by atoms with Crippen LogP contribution in [0.4, 0.5) is 0 Å². The Morgan fingerprint density at radius 2 is 1.12 bits per heavy atom. The molecule has 0 amide bonds. The smallest absolute Gasteiger partial charge is 0.136 e. The molecule has 0 N–H and O–H groups in total. The molecule has 0 saturated carbocycles. The molecule has 0 atom stereocenters. The SMILES string of the molecule is Clc1ccc2c(c1)oc1cc3cc4oc5ccccc5c4cc3cc12. The van der Waals surface area contributed by atoms with E-state index in [1.54, 1.807) is 0 Å². The molecule has 6 rings (SSSR count). The topological polar surface area (TPSA) is 26.3 Å². The normalized spacial score (nSPS) is 12.2. The van der Waals surface area contributed by atoms with Gasteiger partial charge in [0.2, 0.25) is 0 Å². The molecule has 0 radical (unpaired) electrons. The first-order valence-electron chi connectivity index (χ1n) is 8.13. The van der Waals surface area contributed by atoms with Crippen LogP contribution in [0, 0.1) is 0 Å². The summed E-state index contributed by atoms with van der Waals surface area (Å²) in [4.78, 5) is 0. The van der Waals surface area contributed by atoms with E-state index in [0.29, 0.717) is 5.02 Å². The number of hydrogen-bond donors (Lipinski definition) is 0. The predicted molar refractivity (Wildman–Crippen MR) is 104 cm³/mol. The van der Waals surface area contributed by atoms with Gasteiger partial charge in [-0.05, 0) is 53.2 Å². The highest BCUT2D eigenvalue weighted by Crippen LogP contribution is 2.37. The van der Waals surface area contributed by atoms with Gasteiger partial charge in [0.25, 0.3) is 0 Å². The molecule has 6 aromatic rings. The number of furan rings is 2. The first kappa shape index (κ1) is 13.3. The molecule has 0 fully saturated rings. The van der Waals surface area contributed by atoms with Gasteiger partial charge in [0.1, 0.15) is 22.3 Å². The summed E-state index contributed by atoms with van der Waals surface area (Å²) in [5.41, 5.74) is 3.48. The fourth-order valence-corrected chi connectivity index (χ4v) is 3.88. The van der Waals surface area contributed by atoms with Gasteiger partial charge < -0.3 is 8.83 Å². The Morgan fingerprint density at radius 1 is 0.520 bits per heavy atom. The lowest BCUT2D eigenvalue weighted by atomic mass is 10.0. The predicted octanol–water partition coefficient (Wildman–Crippen LogP) is 7.29. The Balaban J connectivity index is 1.78. The summed E-state index contributed by atoms with van der Waals surface area (Å²) in [6.45, 7) is 0. The molecule has 2 aromatic heterocycles. The number of benzene rings is 4. The molecule has 0 bridgehead atoms. The van der Waals surface area contributed by atoms with Crippen LogP contribution in [0.1, 0.15) is 0 Å². The molecule has 0 aliphatic heterocycles. The standard InChI is InChI=1S/C22H11ClO2/c23-14-5-6-16-18-8-12-7-17-15-3-1-2-4-19(15)24-20(17)9-13(12)10-21(18)25-22(16)11-14/h1-11H.